The van der Waals surface area contributed by atoms with Gasteiger partial charge in [0.2, 0.25) is 0 Å². The lowest BCUT2D eigenvalue weighted by molar-refractivity contribution is 0.318. The van der Waals surface area contributed by atoms with Crippen LogP contribution in [0.15, 0.2) is 23.4 Å². The summed E-state index contributed by atoms with van der Waals surface area (Å²) in [6, 6.07) is 6.12. The van der Waals surface area contributed by atoms with Crippen molar-refractivity contribution in [2.45, 2.75) is 12.8 Å². The van der Waals surface area contributed by atoms with Gasteiger partial charge in [-0.25, -0.2) is 0 Å². The van der Waals surface area contributed by atoms with Crippen molar-refractivity contribution in [1.82, 2.24) is 0 Å². The third kappa shape index (κ3) is 1.25. The number of hydrogen-bond acceptors (Lipinski definition) is 3. The molecule has 3 nitrogen and oxygen atoms in total. The van der Waals surface area contributed by atoms with Crippen LogP contribution in [0.25, 0.3) is 0 Å². The summed E-state index contributed by atoms with van der Waals surface area (Å²) in [6.45, 7) is 0. The summed E-state index contributed by atoms with van der Waals surface area (Å²) in [5.74, 6) is 0. The maximum atomic E-state index is 8.82. The van der Waals surface area contributed by atoms with Gasteiger partial charge in [0, 0.05) is 25.3 Å². The van der Waals surface area contributed by atoms with E-state index in [-0.39, 0.29) is 0 Å². The van der Waals surface area contributed by atoms with Crippen LogP contribution in [0, 0.1) is 0 Å². The molecule has 0 radical (unpaired) electrons. The fraction of sp³-hybridized carbons (Fsp3) is 0.364. The maximum Gasteiger partial charge on any atom is 0.0874 e. The molecular formula is C11H14N2O. The summed E-state index contributed by atoms with van der Waals surface area (Å²) in [7, 11) is 4.06. The van der Waals surface area contributed by atoms with Crippen molar-refractivity contribution in [2.75, 3.05) is 19.0 Å². The number of fused-ring (bicyclic) bond motifs is 1. The smallest absolute Gasteiger partial charge is 0.0874 e. The van der Waals surface area contributed by atoms with Crippen LogP contribution < -0.4 is 4.90 Å². The minimum Gasteiger partial charge on any atom is -0.411 e. The Morgan fingerprint density at radius 1 is 1.29 bits per heavy atom. The number of nitrogens with zero attached hydrogens (tertiary/aromatic N) is 2. The fourth-order valence-corrected chi connectivity index (χ4v) is 2.01. The molecule has 1 aromatic carbocycles. The summed E-state index contributed by atoms with van der Waals surface area (Å²) >= 11 is 0. The molecule has 74 valence electrons. The highest BCUT2D eigenvalue weighted by molar-refractivity contribution is 6.05. The molecule has 0 aromatic heterocycles. The largest absolute Gasteiger partial charge is 0.411 e. The molecule has 1 N–H and O–H groups in total. The zero-order valence-electron chi connectivity index (χ0n) is 8.49. The van der Waals surface area contributed by atoms with Crippen molar-refractivity contribution in [3.05, 3.63) is 29.3 Å². The van der Waals surface area contributed by atoms with Crippen LogP contribution in [-0.2, 0) is 6.42 Å². The first kappa shape index (κ1) is 9.06. The van der Waals surface area contributed by atoms with Crippen molar-refractivity contribution in [3.8, 4) is 0 Å². The van der Waals surface area contributed by atoms with Crippen LogP contribution in [0.3, 0.4) is 0 Å². The average molecular weight is 190 g/mol. The van der Waals surface area contributed by atoms with Crippen molar-refractivity contribution in [1.29, 1.82) is 0 Å². The van der Waals surface area contributed by atoms with E-state index in [0.29, 0.717) is 0 Å². The quantitative estimate of drug-likeness (QED) is 0.542. The first-order valence-electron chi connectivity index (χ1n) is 4.74. The van der Waals surface area contributed by atoms with E-state index in [1.54, 1.807) is 0 Å². The van der Waals surface area contributed by atoms with Gasteiger partial charge in [0.15, 0.2) is 0 Å². The Bertz CT molecular complexity index is 383. The van der Waals surface area contributed by atoms with Gasteiger partial charge in [-0.15, -0.1) is 0 Å². The molecule has 0 amide bonds. The fourth-order valence-electron chi connectivity index (χ4n) is 2.01. The monoisotopic (exact) mass is 190 g/mol. The van der Waals surface area contributed by atoms with Crippen molar-refractivity contribution < 1.29 is 5.21 Å². The lowest BCUT2D eigenvalue weighted by Gasteiger charge is -2.16. The van der Waals surface area contributed by atoms with Crippen LogP contribution in [-0.4, -0.2) is 25.0 Å². The Hall–Kier alpha value is -1.51. The number of oxime groups is 1. The third-order valence-corrected chi connectivity index (χ3v) is 2.68. The average Bonchev–Trinajstić information content (AvgIpc) is 2.59. The van der Waals surface area contributed by atoms with Gasteiger partial charge in [-0.05, 0) is 24.5 Å². The van der Waals surface area contributed by atoms with Crippen LogP contribution >= 0.6 is 0 Å². The minimum absolute atomic E-state index is 0.809. The van der Waals surface area contributed by atoms with Gasteiger partial charge >= 0.3 is 0 Å². The lowest BCUT2D eigenvalue weighted by Crippen LogP contribution is -2.11. The van der Waals surface area contributed by atoms with E-state index in [1.165, 1.54) is 11.3 Å². The van der Waals surface area contributed by atoms with Crippen LogP contribution in [0.4, 0.5) is 5.69 Å². The highest BCUT2D eigenvalue weighted by Gasteiger charge is 2.21. The standard InChI is InChI=1S/C11H14N2O/c1-13(2)11-5-3-4-8-9(11)6-7-10(8)12-14/h3-5,14H,6-7H2,1-2H3/b12-10+. The number of anilines is 1. The molecular weight excluding hydrogens is 176 g/mol. The number of hydrogen-bond donors (Lipinski definition) is 1. The molecule has 0 bridgehead atoms. The number of rotatable bonds is 1. The Balaban J connectivity index is 2.55. The van der Waals surface area contributed by atoms with Gasteiger partial charge in [-0.2, -0.15) is 0 Å². The molecule has 0 spiro atoms. The second-order valence-corrected chi connectivity index (χ2v) is 3.74. The van der Waals surface area contributed by atoms with Gasteiger partial charge in [0.05, 0.1) is 5.71 Å². The van der Waals surface area contributed by atoms with Crippen molar-refractivity contribution >= 4 is 11.4 Å². The second kappa shape index (κ2) is 3.33. The molecule has 0 fully saturated rings. The molecule has 14 heavy (non-hydrogen) atoms. The van der Waals surface area contributed by atoms with E-state index in [4.69, 9.17) is 5.21 Å². The Kier molecular flexibility index (Phi) is 2.15. The van der Waals surface area contributed by atoms with Gasteiger partial charge in [-0.1, -0.05) is 17.3 Å². The summed E-state index contributed by atoms with van der Waals surface area (Å²) < 4.78 is 0. The van der Waals surface area contributed by atoms with E-state index in [1.807, 2.05) is 26.2 Å². The van der Waals surface area contributed by atoms with E-state index in [2.05, 4.69) is 16.1 Å². The predicted octanol–water partition coefficient (Wildman–Crippen LogP) is 1.88. The molecule has 1 aliphatic rings. The zero-order valence-corrected chi connectivity index (χ0v) is 8.49. The number of benzene rings is 1. The summed E-state index contributed by atoms with van der Waals surface area (Å²) in [4.78, 5) is 2.10. The van der Waals surface area contributed by atoms with Crippen LogP contribution in [0.5, 0.6) is 0 Å². The SMILES string of the molecule is CN(C)c1cccc2c1CC/C2=N\O. The van der Waals surface area contributed by atoms with Gasteiger partial charge in [-0.3, -0.25) is 0 Å². The lowest BCUT2D eigenvalue weighted by atomic mass is 10.1. The first-order valence-corrected chi connectivity index (χ1v) is 4.74. The first-order chi connectivity index (χ1) is 6.74. The molecule has 0 heterocycles. The van der Waals surface area contributed by atoms with Gasteiger partial charge < -0.3 is 10.1 Å². The Morgan fingerprint density at radius 3 is 2.71 bits per heavy atom. The molecule has 0 unspecified atom stereocenters. The van der Waals surface area contributed by atoms with E-state index in [0.717, 1.165) is 24.1 Å². The zero-order chi connectivity index (χ0) is 10.1. The van der Waals surface area contributed by atoms with Crippen LogP contribution in [0.1, 0.15) is 17.5 Å². The van der Waals surface area contributed by atoms with Gasteiger partial charge in [0.25, 0.3) is 0 Å². The molecule has 1 aromatic rings. The highest BCUT2D eigenvalue weighted by atomic mass is 16.4. The van der Waals surface area contributed by atoms with Gasteiger partial charge in [0.1, 0.15) is 0 Å². The molecule has 0 saturated heterocycles. The minimum atomic E-state index is 0.809. The molecule has 1 aliphatic carbocycles. The highest BCUT2D eigenvalue weighted by Crippen LogP contribution is 2.30. The van der Waals surface area contributed by atoms with E-state index >= 15 is 0 Å². The summed E-state index contributed by atoms with van der Waals surface area (Å²) in [5, 5.41) is 12.1. The maximum absolute atomic E-state index is 8.82. The Morgan fingerprint density at radius 2 is 2.07 bits per heavy atom. The van der Waals surface area contributed by atoms with Crippen molar-refractivity contribution in [3.63, 3.8) is 0 Å². The molecule has 0 aliphatic heterocycles. The Labute approximate surface area is 83.7 Å². The van der Waals surface area contributed by atoms with Crippen LogP contribution in [0.2, 0.25) is 0 Å². The molecule has 2 rings (SSSR count). The van der Waals surface area contributed by atoms with E-state index < -0.39 is 0 Å². The third-order valence-electron chi connectivity index (χ3n) is 2.68. The summed E-state index contributed by atoms with van der Waals surface area (Å²) in [5.41, 5.74) is 4.42. The summed E-state index contributed by atoms with van der Waals surface area (Å²) in [6.07, 6.45) is 1.82. The normalized spacial score (nSPS) is 17.1. The van der Waals surface area contributed by atoms with E-state index in [9.17, 15) is 0 Å². The topological polar surface area (TPSA) is 35.8 Å². The molecule has 3 heteroatoms. The van der Waals surface area contributed by atoms with Crippen molar-refractivity contribution in [2.24, 2.45) is 5.16 Å². The molecule has 0 saturated carbocycles. The predicted molar refractivity (Wildman–Crippen MR) is 57.4 cm³/mol. The molecule has 0 atom stereocenters. The second-order valence-electron chi connectivity index (χ2n) is 3.74.